The van der Waals surface area contributed by atoms with Gasteiger partial charge in [-0.15, -0.1) is 0 Å². The fourth-order valence-electron chi connectivity index (χ4n) is 2.23. The van der Waals surface area contributed by atoms with E-state index >= 15 is 0 Å². The molecular weight excluding hydrogens is 262 g/mol. The number of pyridine rings is 1. The molecule has 110 valence electrons. The van der Waals surface area contributed by atoms with Crippen molar-refractivity contribution in [2.24, 2.45) is 0 Å². The molecule has 1 aromatic carbocycles. The Balaban J connectivity index is 2.18. The first-order valence-corrected chi connectivity index (χ1v) is 7.11. The first-order valence-electron chi connectivity index (χ1n) is 7.11. The molecule has 4 nitrogen and oxygen atoms in total. The molecule has 1 N–H and O–H groups in total. The molecule has 2 aromatic rings. The minimum Gasteiger partial charge on any atom is -0.385 e. The van der Waals surface area contributed by atoms with Gasteiger partial charge in [0.1, 0.15) is 0 Å². The summed E-state index contributed by atoms with van der Waals surface area (Å²) in [5.41, 5.74) is 3.78. The van der Waals surface area contributed by atoms with Crippen molar-refractivity contribution in [1.82, 2.24) is 9.88 Å². The second kappa shape index (κ2) is 6.88. The lowest BCUT2D eigenvalue weighted by molar-refractivity contribution is 0.0785. The van der Waals surface area contributed by atoms with Crippen molar-refractivity contribution in [2.75, 3.05) is 18.9 Å². The van der Waals surface area contributed by atoms with Crippen molar-refractivity contribution in [3.05, 3.63) is 59.4 Å². The second-order valence-corrected chi connectivity index (χ2v) is 5.04. The number of rotatable bonds is 5. The van der Waals surface area contributed by atoms with Crippen LogP contribution in [0.3, 0.4) is 0 Å². The Labute approximate surface area is 125 Å². The molecule has 0 aliphatic rings. The Morgan fingerprint density at radius 3 is 2.76 bits per heavy atom. The summed E-state index contributed by atoms with van der Waals surface area (Å²) in [6, 6.07) is 9.94. The monoisotopic (exact) mass is 283 g/mol. The van der Waals surface area contributed by atoms with Gasteiger partial charge in [0.2, 0.25) is 0 Å². The van der Waals surface area contributed by atoms with Crippen LogP contribution in [0.15, 0.2) is 42.7 Å². The molecule has 0 aliphatic heterocycles. The van der Waals surface area contributed by atoms with Gasteiger partial charge in [0.25, 0.3) is 5.91 Å². The first-order chi connectivity index (χ1) is 10.1. The van der Waals surface area contributed by atoms with Gasteiger partial charge in [0.05, 0.1) is 11.3 Å². The van der Waals surface area contributed by atoms with E-state index in [1.54, 1.807) is 17.3 Å². The summed E-state index contributed by atoms with van der Waals surface area (Å²) in [6.07, 6.45) is 3.31. The second-order valence-electron chi connectivity index (χ2n) is 5.04. The van der Waals surface area contributed by atoms with Crippen LogP contribution in [0.25, 0.3) is 0 Å². The van der Waals surface area contributed by atoms with E-state index in [4.69, 9.17) is 0 Å². The van der Waals surface area contributed by atoms with Crippen LogP contribution in [0.2, 0.25) is 0 Å². The Morgan fingerprint density at radius 2 is 2.05 bits per heavy atom. The van der Waals surface area contributed by atoms with E-state index in [1.807, 2.05) is 38.2 Å². The van der Waals surface area contributed by atoms with Crippen LogP contribution >= 0.6 is 0 Å². The minimum absolute atomic E-state index is 0.0256. The molecule has 1 aromatic heterocycles. The molecule has 4 heteroatoms. The fourth-order valence-corrected chi connectivity index (χ4v) is 2.23. The lowest BCUT2D eigenvalue weighted by Crippen LogP contribution is -2.27. The number of nitrogens with one attached hydrogen (secondary N) is 1. The number of anilines is 1. The highest BCUT2D eigenvalue weighted by molar-refractivity contribution is 5.99. The molecule has 0 unspecified atom stereocenters. The van der Waals surface area contributed by atoms with Gasteiger partial charge < -0.3 is 10.2 Å². The van der Waals surface area contributed by atoms with Crippen molar-refractivity contribution in [1.29, 1.82) is 0 Å². The largest absolute Gasteiger partial charge is 0.385 e. The Bertz CT molecular complexity index is 625. The number of carbonyl (C=O) groups is 1. The maximum Gasteiger partial charge on any atom is 0.257 e. The third-order valence-electron chi connectivity index (χ3n) is 3.43. The molecule has 1 heterocycles. The zero-order valence-corrected chi connectivity index (χ0v) is 12.8. The van der Waals surface area contributed by atoms with E-state index < -0.39 is 0 Å². The predicted molar refractivity (Wildman–Crippen MR) is 85.4 cm³/mol. The van der Waals surface area contributed by atoms with E-state index in [-0.39, 0.29) is 5.91 Å². The number of benzene rings is 1. The van der Waals surface area contributed by atoms with Crippen LogP contribution in [0.5, 0.6) is 0 Å². The quantitative estimate of drug-likeness (QED) is 0.917. The van der Waals surface area contributed by atoms with Crippen molar-refractivity contribution < 1.29 is 4.79 Å². The Hall–Kier alpha value is -2.36. The van der Waals surface area contributed by atoms with Gasteiger partial charge in [-0.1, -0.05) is 24.3 Å². The Morgan fingerprint density at radius 1 is 1.29 bits per heavy atom. The maximum absolute atomic E-state index is 12.6. The van der Waals surface area contributed by atoms with Gasteiger partial charge in [-0.05, 0) is 31.0 Å². The topological polar surface area (TPSA) is 45.2 Å². The van der Waals surface area contributed by atoms with Crippen molar-refractivity contribution in [2.45, 2.75) is 20.4 Å². The van der Waals surface area contributed by atoms with Crippen LogP contribution in [0, 0.1) is 6.92 Å². The van der Waals surface area contributed by atoms with Crippen LogP contribution in [-0.4, -0.2) is 29.4 Å². The molecule has 0 radical (unpaired) electrons. The van der Waals surface area contributed by atoms with E-state index in [2.05, 4.69) is 23.3 Å². The molecule has 0 fully saturated rings. The molecule has 1 amide bonds. The van der Waals surface area contributed by atoms with Gasteiger partial charge in [0.15, 0.2) is 0 Å². The Kier molecular flexibility index (Phi) is 4.93. The molecule has 0 saturated carbocycles. The zero-order chi connectivity index (χ0) is 15.2. The van der Waals surface area contributed by atoms with Crippen LogP contribution in [-0.2, 0) is 6.54 Å². The van der Waals surface area contributed by atoms with Gasteiger partial charge >= 0.3 is 0 Å². The fraction of sp³-hybridized carbons (Fsp3) is 0.294. The van der Waals surface area contributed by atoms with Crippen molar-refractivity contribution in [3.63, 3.8) is 0 Å². The molecule has 2 rings (SSSR count). The van der Waals surface area contributed by atoms with Gasteiger partial charge in [-0.3, -0.25) is 9.78 Å². The van der Waals surface area contributed by atoms with E-state index in [1.165, 1.54) is 5.56 Å². The summed E-state index contributed by atoms with van der Waals surface area (Å²) in [6.45, 7) is 5.42. The van der Waals surface area contributed by atoms with Crippen LogP contribution < -0.4 is 5.32 Å². The van der Waals surface area contributed by atoms with Crippen molar-refractivity contribution in [3.8, 4) is 0 Å². The number of aromatic nitrogens is 1. The number of aryl methyl sites for hydroxylation is 1. The summed E-state index contributed by atoms with van der Waals surface area (Å²) in [7, 11) is 1.82. The van der Waals surface area contributed by atoms with Gasteiger partial charge in [-0.25, -0.2) is 0 Å². The number of hydrogen-bond acceptors (Lipinski definition) is 3. The number of carbonyl (C=O) groups excluding carboxylic acids is 1. The normalized spacial score (nSPS) is 10.2. The van der Waals surface area contributed by atoms with E-state index in [0.29, 0.717) is 12.1 Å². The minimum atomic E-state index is -0.0256. The van der Waals surface area contributed by atoms with E-state index in [0.717, 1.165) is 17.8 Å². The highest BCUT2D eigenvalue weighted by atomic mass is 16.2. The summed E-state index contributed by atoms with van der Waals surface area (Å²) in [4.78, 5) is 18.4. The molecule has 0 bridgehead atoms. The summed E-state index contributed by atoms with van der Waals surface area (Å²) in [5, 5.41) is 3.20. The SMILES string of the molecule is CCNc1ccncc1C(=O)N(C)Cc1ccccc1C. The zero-order valence-electron chi connectivity index (χ0n) is 12.8. The van der Waals surface area contributed by atoms with Crippen LogP contribution in [0.1, 0.15) is 28.4 Å². The van der Waals surface area contributed by atoms with E-state index in [9.17, 15) is 4.79 Å². The molecule has 0 spiro atoms. The van der Waals surface area contributed by atoms with Crippen molar-refractivity contribution >= 4 is 11.6 Å². The average molecular weight is 283 g/mol. The number of nitrogens with zero attached hydrogens (tertiary/aromatic N) is 2. The van der Waals surface area contributed by atoms with Gasteiger partial charge in [0, 0.05) is 32.5 Å². The van der Waals surface area contributed by atoms with Crippen LogP contribution in [0.4, 0.5) is 5.69 Å². The lowest BCUT2D eigenvalue weighted by atomic mass is 10.1. The third-order valence-corrected chi connectivity index (χ3v) is 3.43. The average Bonchev–Trinajstić information content (AvgIpc) is 2.50. The molecule has 21 heavy (non-hydrogen) atoms. The third kappa shape index (κ3) is 3.60. The molecule has 0 atom stereocenters. The molecular formula is C17H21N3O. The summed E-state index contributed by atoms with van der Waals surface area (Å²) >= 11 is 0. The maximum atomic E-state index is 12.6. The predicted octanol–water partition coefficient (Wildman–Crippen LogP) is 3.09. The highest BCUT2D eigenvalue weighted by Gasteiger charge is 2.16. The molecule has 0 saturated heterocycles. The number of hydrogen-bond donors (Lipinski definition) is 1. The lowest BCUT2D eigenvalue weighted by Gasteiger charge is -2.20. The standard InChI is InChI=1S/C17H21N3O/c1-4-19-16-9-10-18-11-15(16)17(21)20(3)12-14-8-6-5-7-13(14)2/h5-11H,4,12H2,1-3H3,(H,18,19). The smallest absolute Gasteiger partial charge is 0.257 e. The summed E-state index contributed by atoms with van der Waals surface area (Å²) in [5.74, 6) is -0.0256. The molecule has 0 aliphatic carbocycles. The first kappa shape index (κ1) is 15.0. The summed E-state index contributed by atoms with van der Waals surface area (Å²) < 4.78 is 0. The van der Waals surface area contributed by atoms with Gasteiger partial charge in [-0.2, -0.15) is 0 Å². The highest BCUT2D eigenvalue weighted by Crippen LogP contribution is 2.17. The number of amides is 1.